The van der Waals surface area contributed by atoms with Crippen molar-refractivity contribution in [3.63, 3.8) is 0 Å². The Morgan fingerprint density at radius 2 is 1.60 bits per heavy atom. The lowest BCUT2D eigenvalue weighted by Gasteiger charge is -2.37. The maximum Gasteiger partial charge on any atom is 0.0174 e. The normalized spacial score (nSPS) is 32.7. The van der Waals surface area contributed by atoms with E-state index >= 15 is 0 Å². The van der Waals surface area contributed by atoms with Gasteiger partial charge in [0, 0.05) is 18.8 Å². The number of hydrogen-bond donors (Lipinski definition) is 0. The minimum absolute atomic E-state index is 0.805. The fraction of sp³-hybridized carbons (Fsp3) is 0.857. The molecule has 2 fully saturated rings. The first-order valence-electron chi connectivity index (χ1n) is 6.71. The predicted octanol–water partition coefficient (Wildman–Crippen LogP) is 3.81. The predicted molar refractivity (Wildman–Crippen MR) is 65.7 cm³/mol. The average Bonchev–Trinajstić information content (AvgIpc) is 2.30. The third-order valence-corrected chi connectivity index (χ3v) is 4.25. The molecule has 0 radical (unpaired) electrons. The summed E-state index contributed by atoms with van der Waals surface area (Å²) in [7, 11) is 0. The van der Waals surface area contributed by atoms with Gasteiger partial charge in [0.2, 0.25) is 0 Å². The van der Waals surface area contributed by atoms with Gasteiger partial charge in [0.25, 0.3) is 0 Å². The second-order valence-corrected chi connectivity index (χ2v) is 5.50. The summed E-state index contributed by atoms with van der Waals surface area (Å²) < 4.78 is 0. The Morgan fingerprint density at radius 3 is 2.20 bits per heavy atom. The molecular weight excluding hydrogens is 182 g/mol. The minimum atomic E-state index is 0.805. The zero-order valence-electron chi connectivity index (χ0n) is 10.2. The molecule has 1 heterocycles. The number of nitrogens with zero attached hydrogens (tertiary/aromatic N) is 1. The van der Waals surface area contributed by atoms with Gasteiger partial charge in [-0.05, 0) is 43.9 Å². The maximum atomic E-state index is 4.35. The third kappa shape index (κ3) is 2.76. The van der Waals surface area contributed by atoms with Crippen LogP contribution in [0.2, 0.25) is 0 Å². The van der Waals surface area contributed by atoms with Gasteiger partial charge >= 0.3 is 0 Å². The maximum absolute atomic E-state index is 4.35. The van der Waals surface area contributed by atoms with Crippen LogP contribution in [0.5, 0.6) is 0 Å². The Morgan fingerprint density at radius 1 is 1.00 bits per heavy atom. The third-order valence-electron chi connectivity index (χ3n) is 4.25. The minimum Gasteiger partial charge on any atom is -0.375 e. The molecule has 0 atom stereocenters. The summed E-state index contributed by atoms with van der Waals surface area (Å²) >= 11 is 0. The highest BCUT2D eigenvalue weighted by Gasteiger charge is 2.24. The Bertz CT molecular complexity index is 207. The van der Waals surface area contributed by atoms with E-state index in [9.17, 15) is 0 Å². The molecule has 0 spiro atoms. The highest BCUT2D eigenvalue weighted by Crippen LogP contribution is 2.34. The van der Waals surface area contributed by atoms with E-state index in [4.69, 9.17) is 0 Å². The van der Waals surface area contributed by atoms with Gasteiger partial charge in [-0.25, -0.2) is 0 Å². The summed E-state index contributed by atoms with van der Waals surface area (Å²) in [4.78, 5) is 2.56. The van der Waals surface area contributed by atoms with Crippen LogP contribution in [0.1, 0.15) is 51.9 Å². The van der Waals surface area contributed by atoms with Gasteiger partial charge in [0.05, 0.1) is 0 Å². The van der Waals surface area contributed by atoms with E-state index in [1.54, 1.807) is 0 Å². The van der Waals surface area contributed by atoms with Gasteiger partial charge in [0.1, 0.15) is 0 Å². The van der Waals surface area contributed by atoms with E-state index in [0.717, 1.165) is 11.8 Å². The van der Waals surface area contributed by atoms with Crippen molar-refractivity contribution in [3.05, 3.63) is 12.3 Å². The highest BCUT2D eigenvalue weighted by molar-refractivity contribution is 5.02. The van der Waals surface area contributed by atoms with Crippen LogP contribution in [0, 0.1) is 11.8 Å². The second kappa shape index (κ2) is 5.05. The number of piperidine rings is 1. The van der Waals surface area contributed by atoms with Crippen molar-refractivity contribution in [2.24, 2.45) is 11.8 Å². The molecule has 2 aliphatic rings. The molecule has 0 N–H and O–H groups in total. The Labute approximate surface area is 94.5 Å². The van der Waals surface area contributed by atoms with Gasteiger partial charge in [0.15, 0.2) is 0 Å². The van der Waals surface area contributed by atoms with E-state index in [1.807, 2.05) is 0 Å². The summed E-state index contributed by atoms with van der Waals surface area (Å²) in [6.07, 6.45) is 9.78. The zero-order chi connectivity index (χ0) is 10.7. The van der Waals surface area contributed by atoms with Crippen LogP contribution < -0.4 is 0 Å². The summed E-state index contributed by atoms with van der Waals surface area (Å²) in [5.74, 6) is 1.76. The smallest absolute Gasteiger partial charge is 0.0174 e. The van der Waals surface area contributed by atoms with Crippen molar-refractivity contribution < 1.29 is 0 Å². The Kier molecular flexibility index (Phi) is 3.71. The molecule has 1 heteroatoms. The van der Waals surface area contributed by atoms with Crippen molar-refractivity contribution >= 4 is 0 Å². The fourth-order valence-electron chi connectivity index (χ4n) is 3.03. The molecule has 1 saturated heterocycles. The van der Waals surface area contributed by atoms with Crippen LogP contribution in [0.25, 0.3) is 0 Å². The lowest BCUT2D eigenvalue weighted by Crippen LogP contribution is -2.33. The molecule has 0 aromatic rings. The van der Waals surface area contributed by atoms with Crippen molar-refractivity contribution in [3.8, 4) is 0 Å². The topological polar surface area (TPSA) is 3.24 Å². The molecular formula is C14H25N. The van der Waals surface area contributed by atoms with Gasteiger partial charge in [-0.2, -0.15) is 0 Å². The zero-order valence-corrected chi connectivity index (χ0v) is 10.2. The quantitative estimate of drug-likeness (QED) is 0.665. The molecule has 0 aromatic heterocycles. The van der Waals surface area contributed by atoms with Crippen LogP contribution in [-0.2, 0) is 0 Å². The van der Waals surface area contributed by atoms with E-state index in [1.165, 1.54) is 63.7 Å². The standard InChI is InChI=1S/C14H25N/c1-12-6-8-14(9-7-12)13(2)15-10-4-3-5-11-15/h12,14H,2-11H2,1H3/t12-,14-. The summed E-state index contributed by atoms with van der Waals surface area (Å²) in [6, 6.07) is 0. The first-order valence-corrected chi connectivity index (χ1v) is 6.71. The molecule has 0 bridgehead atoms. The summed E-state index contributed by atoms with van der Waals surface area (Å²) in [5, 5.41) is 0. The molecule has 1 aliphatic carbocycles. The highest BCUT2D eigenvalue weighted by atomic mass is 15.1. The Balaban J connectivity index is 1.84. The number of rotatable bonds is 2. The van der Waals surface area contributed by atoms with Gasteiger partial charge < -0.3 is 4.90 Å². The molecule has 2 rings (SSSR count). The number of hydrogen-bond acceptors (Lipinski definition) is 1. The monoisotopic (exact) mass is 207 g/mol. The molecule has 15 heavy (non-hydrogen) atoms. The molecule has 0 aromatic carbocycles. The van der Waals surface area contributed by atoms with E-state index < -0.39 is 0 Å². The fourth-order valence-corrected chi connectivity index (χ4v) is 3.03. The second-order valence-electron chi connectivity index (χ2n) is 5.50. The summed E-state index contributed by atoms with van der Waals surface area (Å²) in [6.45, 7) is 9.28. The number of likely N-dealkylation sites (tertiary alicyclic amines) is 1. The lowest BCUT2D eigenvalue weighted by molar-refractivity contribution is 0.220. The molecule has 0 unspecified atom stereocenters. The summed E-state index contributed by atoms with van der Waals surface area (Å²) in [5.41, 5.74) is 1.46. The first-order chi connectivity index (χ1) is 7.27. The van der Waals surface area contributed by atoms with Crippen molar-refractivity contribution in [2.45, 2.75) is 51.9 Å². The molecule has 1 nitrogen and oxygen atoms in total. The molecule has 1 aliphatic heterocycles. The van der Waals surface area contributed by atoms with Crippen LogP contribution >= 0.6 is 0 Å². The van der Waals surface area contributed by atoms with Crippen molar-refractivity contribution in [1.29, 1.82) is 0 Å². The molecule has 0 amide bonds. The Hall–Kier alpha value is -0.460. The van der Waals surface area contributed by atoms with Crippen LogP contribution in [0.3, 0.4) is 0 Å². The van der Waals surface area contributed by atoms with E-state index in [0.29, 0.717) is 0 Å². The van der Waals surface area contributed by atoms with Gasteiger partial charge in [-0.15, -0.1) is 0 Å². The SMILES string of the molecule is C=C([C@H]1CC[C@H](C)CC1)N1CCCCC1. The van der Waals surface area contributed by atoms with Crippen LogP contribution in [-0.4, -0.2) is 18.0 Å². The van der Waals surface area contributed by atoms with Crippen molar-refractivity contribution in [1.82, 2.24) is 4.90 Å². The largest absolute Gasteiger partial charge is 0.375 e. The average molecular weight is 207 g/mol. The van der Waals surface area contributed by atoms with E-state index in [-0.39, 0.29) is 0 Å². The van der Waals surface area contributed by atoms with Crippen LogP contribution in [0.15, 0.2) is 12.3 Å². The number of allylic oxidation sites excluding steroid dienone is 1. The van der Waals surface area contributed by atoms with E-state index in [2.05, 4.69) is 18.4 Å². The molecule has 86 valence electrons. The lowest BCUT2D eigenvalue weighted by atomic mass is 9.81. The van der Waals surface area contributed by atoms with Crippen molar-refractivity contribution in [2.75, 3.05) is 13.1 Å². The molecule has 1 saturated carbocycles. The van der Waals surface area contributed by atoms with Crippen LogP contribution in [0.4, 0.5) is 0 Å². The first kappa shape index (κ1) is 11.0. The van der Waals surface area contributed by atoms with Gasteiger partial charge in [-0.3, -0.25) is 0 Å². The van der Waals surface area contributed by atoms with Gasteiger partial charge in [-0.1, -0.05) is 26.3 Å².